The summed E-state index contributed by atoms with van der Waals surface area (Å²) in [6.45, 7) is 20.2. The van der Waals surface area contributed by atoms with Gasteiger partial charge in [0.25, 0.3) is 0 Å². The minimum atomic E-state index is -4.96. The lowest BCUT2D eigenvalue weighted by Crippen LogP contribution is -2.72. The van der Waals surface area contributed by atoms with Crippen LogP contribution in [-0.2, 0) is 43.1 Å². The van der Waals surface area contributed by atoms with Crippen molar-refractivity contribution in [1.29, 1.82) is 0 Å². The SMILES string of the molecule is CC(C)(C)[Si](C)(C)N1C(=O)C[C@@H]1C(=O)O.COc1ccc([C@@](Cc2ccccc2)(NC(=O)[C@H]2CC(=O)N2[Si](C)(C)C(C)(C)C)c2cc(F)cc(OC(F)(F)C(F)F)c2)cc1F.COc1ccc([C@](N)(Cc2ccccc2)c2cc(F)cc(OC(F)(F)C(F)F)c2)cc1F. The van der Waals surface area contributed by atoms with E-state index < -0.39 is 111 Å². The summed E-state index contributed by atoms with van der Waals surface area (Å²) in [6.07, 6.45) is -18.3. The number of carboxylic acid groups (broad SMARTS) is 1. The highest BCUT2D eigenvalue weighted by Crippen LogP contribution is 2.46. The predicted octanol–water partition coefficient (Wildman–Crippen LogP) is 14.8. The Morgan fingerprint density at radius 3 is 1.34 bits per heavy atom. The van der Waals surface area contributed by atoms with E-state index in [4.69, 9.17) is 20.3 Å². The van der Waals surface area contributed by atoms with Gasteiger partial charge >= 0.3 is 31.0 Å². The number of hydrogen-bond acceptors (Lipinski definition) is 9. The number of amides is 3. The number of nitrogens with zero attached hydrogens (tertiary/aromatic N) is 2. The zero-order chi connectivity index (χ0) is 69.8. The van der Waals surface area contributed by atoms with Gasteiger partial charge in [0.1, 0.15) is 35.2 Å². The Labute approximate surface area is 533 Å². The van der Waals surface area contributed by atoms with Crippen molar-refractivity contribution in [1.82, 2.24) is 14.4 Å². The van der Waals surface area contributed by atoms with Crippen LogP contribution in [0.25, 0.3) is 0 Å². The molecule has 4 atom stereocenters. The number of nitrogens with one attached hydrogen (secondary N) is 1. The molecule has 0 bridgehead atoms. The molecule has 2 heterocycles. The van der Waals surface area contributed by atoms with Gasteiger partial charge in [0, 0.05) is 18.6 Å². The standard InChI is InChI=1S/C33H36F6N2O4Si.C23H19F6NO2.C10H19NO3Si/c1-31(2,3)46(5,6)41-26(18-28(41)42)29(43)40-32(19-20-10-8-7-9-11-20,21-12-13-27(44-4)25(35)16-21)22-14-23(34)17-24(15-22)45-33(38,39)30(36)37;1-31-20-8-7-15(11-19(20)25)22(30,13-14-5-3-2-4-6-14)16-9-17(24)12-18(10-16)32-23(28,29)21(26)27;1-10(2,3)15(4,5)11-7(9(13)14)6-8(11)12/h7-17,26,30H,18-19H2,1-6H3,(H,40,43);2-12,21H,13,30H2,1H3;7H,6H2,1-5H3,(H,13,14)/t26-,32-;22-;7-/m111/s1. The topological polar surface area (TPSA) is 170 Å². The van der Waals surface area contributed by atoms with Crippen LogP contribution in [0.15, 0.2) is 133 Å². The molecule has 13 nitrogen and oxygen atoms in total. The van der Waals surface area contributed by atoms with Gasteiger partial charge in [-0.2, -0.15) is 35.1 Å². The summed E-state index contributed by atoms with van der Waals surface area (Å²) in [4.78, 5) is 49.7. The summed E-state index contributed by atoms with van der Waals surface area (Å²) in [7, 11) is -2.07. The molecule has 0 saturated carbocycles. The molecule has 3 amide bonds. The first kappa shape index (κ1) is 74.0. The summed E-state index contributed by atoms with van der Waals surface area (Å²) in [5.74, 6) is -7.51. The quantitative estimate of drug-likeness (QED) is 0.0358. The normalized spacial score (nSPS) is 16.7. The van der Waals surface area contributed by atoms with Crippen LogP contribution in [0.5, 0.6) is 23.0 Å². The third-order valence-corrected chi connectivity index (χ3v) is 28.3. The fourth-order valence-electron chi connectivity index (χ4n) is 10.4. The molecule has 6 aromatic carbocycles. The number of benzene rings is 6. The van der Waals surface area contributed by atoms with E-state index in [2.05, 4.69) is 48.7 Å². The predicted molar refractivity (Wildman–Crippen MR) is 329 cm³/mol. The van der Waals surface area contributed by atoms with E-state index in [1.165, 1.54) is 38.5 Å². The molecular weight excluding hydrogens is 1280 g/mol. The molecule has 8 rings (SSSR count). The molecule has 0 aromatic heterocycles. The van der Waals surface area contributed by atoms with Crippen molar-refractivity contribution in [2.75, 3.05) is 14.2 Å². The number of nitrogens with two attached hydrogens (primary N) is 1. The molecule has 2 fully saturated rings. The highest BCUT2D eigenvalue weighted by Gasteiger charge is 2.57. The Morgan fingerprint density at radius 1 is 0.559 bits per heavy atom. The van der Waals surface area contributed by atoms with Crippen LogP contribution in [0.1, 0.15) is 87.8 Å². The third-order valence-electron chi connectivity index (χ3n) is 17.4. The van der Waals surface area contributed by atoms with Crippen LogP contribution in [0, 0.1) is 23.3 Å². The van der Waals surface area contributed by atoms with Gasteiger partial charge in [-0.3, -0.25) is 19.2 Å². The van der Waals surface area contributed by atoms with E-state index >= 15 is 8.78 Å². The van der Waals surface area contributed by atoms with Crippen LogP contribution in [-0.4, -0.2) is 106 Å². The first-order valence-electron chi connectivity index (χ1n) is 29.0. The summed E-state index contributed by atoms with van der Waals surface area (Å²) in [6, 6.07) is 28.0. The Balaban J connectivity index is 0.000000251. The molecule has 504 valence electrons. The van der Waals surface area contributed by atoms with Gasteiger partial charge < -0.3 is 44.2 Å². The number of ether oxygens (including phenoxy) is 4. The van der Waals surface area contributed by atoms with Crippen molar-refractivity contribution in [2.45, 2.75) is 152 Å². The molecule has 93 heavy (non-hydrogen) atoms. The fraction of sp³-hybridized carbons (Fsp3) is 0.394. The van der Waals surface area contributed by atoms with Crippen molar-refractivity contribution >= 4 is 40.2 Å². The summed E-state index contributed by atoms with van der Waals surface area (Å²) < 4.78 is 187. The average molecular weight is 1350 g/mol. The number of carbonyl (C=O) groups excluding carboxylic acids is 3. The van der Waals surface area contributed by atoms with E-state index in [1.807, 2.05) is 33.9 Å². The molecule has 27 heteroatoms. The minimum Gasteiger partial charge on any atom is -0.494 e. The Kier molecular flexibility index (Phi) is 22.5. The number of carboxylic acids is 1. The first-order valence-corrected chi connectivity index (χ1v) is 34.9. The molecule has 0 spiro atoms. The molecular formula is C66H74F12N4O9Si2. The van der Waals surface area contributed by atoms with Crippen LogP contribution in [0.3, 0.4) is 0 Å². The molecule has 0 unspecified atom stereocenters. The van der Waals surface area contributed by atoms with Crippen molar-refractivity contribution in [3.05, 3.63) is 190 Å². The van der Waals surface area contributed by atoms with Crippen molar-refractivity contribution in [2.24, 2.45) is 5.73 Å². The molecule has 2 aliphatic heterocycles. The van der Waals surface area contributed by atoms with E-state index in [9.17, 15) is 63.1 Å². The van der Waals surface area contributed by atoms with Gasteiger partial charge in [-0.05, 0) is 98.4 Å². The molecule has 0 radical (unpaired) electrons. The highest BCUT2D eigenvalue weighted by atomic mass is 28.3. The summed E-state index contributed by atoms with van der Waals surface area (Å²) >= 11 is 0. The van der Waals surface area contributed by atoms with Crippen LogP contribution < -0.4 is 30.0 Å². The molecule has 6 aromatic rings. The number of halogens is 12. The van der Waals surface area contributed by atoms with Gasteiger partial charge in [-0.15, -0.1) is 0 Å². The molecule has 4 N–H and O–H groups in total. The number of β-lactam (4-membered cyclic amide) rings is 2. The second kappa shape index (κ2) is 28.3. The van der Waals surface area contributed by atoms with Crippen molar-refractivity contribution in [3.63, 3.8) is 0 Å². The summed E-state index contributed by atoms with van der Waals surface area (Å²) in [5, 5.41) is 11.6. The average Bonchev–Trinajstić information content (AvgIpc) is 0.749. The highest BCUT2D eigenvalue weighted by molar-refractivity contribution is 6.80. The zero-order valence-corrected chi connectivity index (χ0v) is 55.1. The Hall–Kier alpha value is -8.05. The molecule has 0 aliphatic carbocycles. The van der Waals surface area contributed by atoms with Gasteiger partial charge in [0.15, 0.2) is 39.6 Å². The number of carbonyl (C=O) groups is 4. The molecule has 2 aliphatic rings. The Morgan fingerprint density at radius 2 is 0.946 bits per heavy atom. The van der Waals surface area contributed by atoms with Crippen LogP contribution in [0.2, 0.25) is 36.3 Å². The fourth-order valence-corrected chi connectivity index (χ4v) is 15.3. The largest absolute Gasteiger partial charge is 0.494 e. The van der Waals surface area contributed by atoms with Crippen molar-refractivity contribution < 1.29 is 95.9 Å². The number of rotatable bonds is 21. The number of hydrogen-bond donors (Lipinski definition) is 3. The second-order valence-corrected chi connectivity index (χ2v) is 35.8. The second-order valence-electron chi connectivity index (χ2n) is 25.6. The summed E-state index contributed by atoms with van der Waals surface area (Å²) in [5.41, 5.74) is 4.32. The third kappa shape index (κ3) is 16.5. The zero-order valence-electron chi connectivity index (χ0n) is 53.1. The van der Waals surface area contributed by atoms with E-state index in [-0.39, 0.29) is 81.3 Å². The lowest BCUT2D eigenvalue weighted by Gasteiger charge is -2.54. The molecule has 2 saturated heterocycles. The maximum atomic E-state index is 15.3. The smallest absolute Gasteiger partial charge is 0.461 e. The van der Waals surface area contributed by atoms with E-state index in [1.54, 1.807) is 69.8 Å². The van der Waals surface area contributed by atoms with E-state index in [0.29, 0.717) is 23.3 Å². The monoisotopic (exact) mass is 1350 g/mol. The maximum absolute atomic E-state index is 15.3. The minimum absolute atomic E-state index is 0.00319. The number of alkyl halides is 8. The number of aliphatic carboxylic acids is 1. The van der Waals surface area contributed by atoms with Crippen LogP contribution in [0.4, 0.5) is 52.7 Å². The maximum Gasteiger partial charge on any atom is 0.461 e. The van der Waals surface area contributed by atoms with Crippen LogP contribution >= 0.6 is 0 Å². The lowest BCUT2D eigenvalue weighted by atomic mass is 9.77. The van der Waals surface area contributed by atoms with Gasteiger partial charge in [0.2, 0.25) is 17.7 Å². The van der Waals surface area contributed by atoms with E-state index in [0.717, 1.165) is 36.4 Å². The van der Waals surface area contributed by atoms with Crippen molar-refractivity contribution in [3.8, 4) is 23.0 Å². The Bertz CT molecular complexity index is 3660. The van der Waals surface area contributed by atoms with Gasteiger partial charge in [-0.25, -0.2) is 17.6 Å². The van der Waals surface area contributed by atoms with Gasteiger partial charge in [-0.1, -0.05) is 141 Å². The lowest BCUT2D eigenvalue weighted by molar-refractivity contribution is -0.253. The first-order chi connectivity index (χ1) is 43.0. The number of methoxy groups -OCH3 is 2. The van der Waals surface area contributed by atoms with Gasteiger partial charge in [0.05, 0.1) is 38.1 Å².